The van der Waals surface area contributed by atoms with E-state index < -0.39 is 12.0 Å². The molecule has 4 nitrogen and oxygen atoms in total. The van der Waals surface area contributed by atoms with Gasteiger partial charge in [-0.2, -0.15) is 11.8 Å². The van der Waals surface area contributed by atoms with E-state index in [1.165, 1.54) is 0 Å². The van der Waals surface area contributed by atoms with E-state index in [2.05, 4.69) is 37.2 Å². The maximum atomic E-state index is 10.2. The van der Waals surface area contributed by atoms with Crippen LogP contribution in [-0.2, 0) is 4.79 Å². The lowest BCUT2D eigenvalue weighted by atomic mass is 10.2. The number of aliphatic carboxylic acids is 1. The molecule has 0 aliphatic rings. The Morgan fingerprint density at radius 1 is 1.46 bits per heavy atom. The molecule has 0 bridgehead atoms. The lowest BCUT2D eigenvalue weighted by molar-refractivity contribution is -0.138. The van der Waals surface area contributed by atoms with Gasteiger partial charge in [-0.25, -0.2) is 0 Å². The zero-order chi connectivity index (χ0) is 10.7. The second kappa shape index (κ2) is 13.2. The van der Waals surface area contributed by atoms with Crippen molar-refractivity contribution in [1.29, 1.82) is 0 Å². The summed E-state index contributed by atoms with van der Waals surface area (Å²) in [4.78, 5) is 10.2. The second-order valence-corrected chi connectivity index (χ2v) is 3.36. The lowest BCUT2D eigenvalue weighted by Crippen LogP contribution is -2.30. The number of hydrogen-bond donors (Lipinski definition) is 3. The molecule has 0 heterocycles. The predicted molar refractivity (Wildman–Crippen MR) is 74.6 cm³/mol. The average Bonchev–Trinajstić information content (AvgIpc) is 2.15. The van der Waals surface area contributed by atoms with Crippen LogP contribution in [0.1, 0.15) is 6.42 Å². The molecule has 0 saturated heterocycles. The third kappa shape index (κ3) is 13.2. The smallest absolute Gasteiger partial charge is 0.320 e. The summed E-state index contributed by atoms with van der Waals surface area (Å²) < 4.78 is 0. The minimum Gasteiger partial charge on any atom is -0.480 e. The van der Waals surface area contributed by atoms with Crippen molar-refractivity contribution in [2.24, 2.45) is 11.5 Å². The van der Waals surface area contributed by atoms with Gasteiger partial charge in [0.15, 0.2) is 0 Å². The number of carboxylic acids is 1. The Balaban J connectivity index is 0. The van der Waals surface area contributed by atoms with Crippen molar-refractivity contribution in [3.05, 3.63) is 0 Å². The number of hydrogen-bond acceptors (Lipinski definition) is 4. The van der Waals surface area contributed by atoms with E-state index in [-0.39, 0.29) is 0 Å². The zero-order valence-corrected chi connectivity index (χ0v) is 12.2. The first-order valence-electron chi connectivity index (χ1n) is 3.59. The molecule has 1 atom stereocenters. The van der Waals surface area contributed by atoms with Crippen LogP contribution in [0, 0.1) is 0 Å². The van der Waals surface area contributed by atoms with Crippen LogP contribution < -0.4 is 11.5 Å². The van der Waals surface area contributed by atoms with Crippen LogP contribution in [0.25, 0.3) is 0 Å². The van der Waals surface area contributed by atoms with Crippen molar-refractivity contribution in [3.8, 4) is 0 Å². The molecule has 0 spiro atoms. The fourth-order valence-corrected chi connectivity index (χ4v) is 1.31. The van der Waals surface area contributed by atoms with Gasteiger partial charge in [-0.1, -0.05) is 0 Å². The summed E-state index contributed by atoms with van der Waals surface area (Å²) in [5, 5.41) is 8.38. The molecule has 0 radical (unpaired) electrons. The third-order valence-corrected chi connectivity index (χ3v) is 2.20. The van der Waals surface area contributed by atoms with Crippen LogP contribution in [0.15, 0.2) is 0 Å². The highest BCUT2D eigenvalue weighted by atomic mass is 128. The molecule has 0 amide bonds. The van der Waals surface area contributed by atoms with E-state index in [1.807, 2.05) is 0 Å². The fourth-order valence-electron chi connectivity index (χ4n) is 0.519. The first kappa shape index (κ1) is 16.6. The number of halogens is 2. The van der Waals surface area contributed by atoms with Crippen molar-refractivity contribution < 1.29 is 9.90 Å². The van der Waals surface area contributed by atoms with Gasteiger partial charge in [0.05, 0.1) is 0 Å². The molecule has 7 heteroatoms. The number of nitrogens with two attached hydrogens (primary N) is 2. The molecule has 0 aromatic carbocycles. The van der Waals surface area contributed by atoms with Gasteiger partial charge in [0.25, 0.3) is 0 Å². The minimum absolute atomic E-state index is 0.514. The summed E-state index contributed by atoms with van der Waals surface area (Å²) in [7, 11) is 0. The van der Waals surface area contributed by atoms with Crippen molar-refractivity contribution in [1.82, 2.24) is 0 Å². The highest BCUT2D eigenvalue weighted by molar-refractivity contribution is 15.0. The highest BCUT2D eigenvalue weighted by Gasteiger charge is 2.09. The van der Waals surface area contributed by atoms with Crippen LogP contribution in [0.2, 0.25) is 0 Å². The number of carboxylic acid groups (broad SMARTS) is 1. The van der Waals surface area contributed by atoms with E-state index in [1.54, 1.807) is 11.8 Å². The first-order chi connectivity index (χ1) is 6.18. The van der Waals surface area contributed by atoms with Crippen LogP contribution in [0.3, 0.4) is 0 Å². The number of thioether (sulfide) groups is 1. The Kier molecular flexibility index (Phi) is 16.9. The van der Waals surface area contributed by atoms with Gasteiger partial charge in [0, 0.05) is 49.5 Å². The summed E-state index contributed by atoms with van der Waals surface area (Å²) in [5.41, 5.74) is 10.5. The maximum absolute atomic E-state index is 10.2. The van der Waals surface area contributed by atoms with Crippen molar-refractivity contribution in [3.63, 3.8) is 0 Å². The third-order valence-electron chi connectivity index (χ3n) is 1.15. The SMILES string of the molecule is II.NCCSCCC(N)C(=O)O. The van der Waals surface area contributed by atoms with E-state index in [0.717, 1.165) is 11.5 Å². The summed E-state index contributed by atoms with van der Waals surface area (Å²) >= 11 is 5.87. The molecule has 0 fully saturated rings. The second-order valence-electron chi connectivity index (χ2n) is 2.13. The topological polar surface area (TPSA) is 89.3 Å². The monoisotopic (exact) mass is 432 g/mol. The van der Waals surface area contributed by atoms with Crippen LogP contribution >= 0.6 is 49.0 Å². The molecule has 0 aromatic heterocycles. The number of rotatable bonds is 6. The van der Waals surface area contributed by atoms with Crippen LogP contribution in [-0.4, -0.2) is 35.2 Å². The molecule has 0 saturated carbocycles. The van der Waals surface area contributed by atoms with E-state index in [0.29, 0.717) is 13.0 Å². The van der Waals surface area contributed by atoms with E-state index >= 15 is 0 Å². The molecular formula is C6H14I2N2O2S. The Hall–Kier alpha value is 1.20. The van der Waals surface area contributed by atoms with Gasteiger partial charge in [-0.05, 0) is 12.2 Å². The molecule has 0 rings (SSSR count). The molecule has 1 unspecified atom stereocenters. The maximum Gasteiger partial charge on any atom is 0.320 e. The minimum atomic E-state index is -0.932. The molecule has 0 aliphatic heterocycles. The summed E-state index contributed by atoms with van der Waals surface area (Å²) in [5.74, 6) is 0.704. The molecule has 5 N–H and O–H groups in total. The summed E-state index contributed by atoms with van der Waals surface area (Å²) in [6, 6.07) is -0.722. The first-order valence-corrected chi connectivity index (χ1v) is 11.0. The van der Waals surface area contributed by atoms with Crippen molar-refractivity contribution >= 4 is 55.0 Å². The van der Waals surface area contributed by atoms with Crippen molar-refractivity contribution in [2.75, 3.05) is 18.1 Å². The van der Waals surface area contributed by atoms with Gasteiger partial charge in [-0.15, -0.1) is 0 Å². The van der Waals surface area contributed by atoms with Crippen molar-refractivity contribution in [2.45, 2.75) is 12.5 Å². The van der Waals surface area contributed by atoms with Crippen LogP contribution in [0.5, 0.6) is 0 Å². The number of carbonyl (C=O) groups is 1. The molecule has 0 aromatic rings. The quantitative estimate of drug-likeness (QED) is 0.435. The largest absolute Gasteiger partial charge is 0.480 e. The van der Waals surface area contributed by atoms with Gasteiger partial charge in [0.1, 0.15) is 6.04 Å². The van der Waals surface area contributed by atoms with Gasteiger partial charge in [0.2, 0.25) is 0 Å². The Bertz CT molecular complexity index is 129. The Labute approximate surface area is 106 Å². The zero-order valence-electron chi connectivity index (χ0n) is 7.08. The fraction of sp³-hybridized carbons (Fsp3) is 0.833. The highest BCUT2D eigenvalue weighted by Crippen LogP contribution is 2.02. The lowest BCUT2D eigenvalue weighted by Gasteiger charge is -2.04. The van der Waals surface area contributed by atoms with Crippen LogP contribution in [0.4, 0.5) is 0 Å². The molecule has 0 aliphatic carbocycles. The van der Waals surface area contributed by atoms with Gasteiger partial charge in [-0.3, -0.25) is 4.79 Å². The van der Waals surface area contributed by atoms with Gasteiger partial charge < -0.3 is 16.6 Å². The standard InChI is InChI=1S/C6H14N2O2S.I2/c7-2-4-11-3-1-5(8)6(9)10;1-2/h5H,1-4,7-8H2,(H,9,10);. The summed E-state index contributed by atoms with van der Waals surface area (Å²) in [6.07, 6.45) is 0.514. The molecule has 13 heavy (non-hydrogen) atoms. The predicted octanol–water partition coefficient (Wildman–Crippen LogP) is 1.25. The van der Waals surface area contributed by atoms with E-state index in [9.17, 15) is 4.79 Å². The summed E-state index contributed by atoms with van der Waals surface area (Å²) in [6.45, 7) is 0.632. The molecule has 80 valence electrons. The Morgan fingerprint density at radius 2 is 2.00 bits per heavy atom. The average molecular weight is 432 g/mol. The normalized spacial score (nSPS) is 11.4. The molecular weight excluding hydrogens is 418 g/mol. The van der Waals surface area contributed by atoms with E-state index in [4.69, 9.17) is 16.6 Å². The van der Waals surface area contributed by atoms with Gasteiger partial charge >= 0.3 is 5.97 Å². The Morgan fingerprint density at radius 3 is 2.38 bits per heavy atom.